The number of hydrogen-bond acceptors (Lipinski definition) is 7. The summed E-state index contributed by atoms with van der Waals surface area (Å²) < 4.78 is 35.0. The molecule has 1 amide bonds. The van der Waals surface area contributed by atoms with E-state index in [0.717, 1.165) is 23.2 Å². The normalized spacial score (nSPS) is 17.5. The summed E-state index contributed by atoms with van der Waals surface area (Å²) in [5, 5.41) is 8.22. The molecule has 40 heavy (non-hydrogen) atoms. The van der Waals surface area contributed by atoms with Crippen LogP contribution in [0.4, 0.5) is 5.69 Å². The van der Waals surface area contributed by atoms with Crippen LogP contribution in [-0.4, -0.2) is 65.7 Å². The van der Waals surface area contributed by atoms with E-state index in [4.69, 9.17) is 4.74 Å². The Morgan fingerprint density at radius 1 is 0.975 bits per heavy atom. The molecule has 2 aliphatic heterocycles. The maximum atomic E-state index is 13.4. The summed E-state index contributed by atoms with van der Waals surface area (Å²) >= 11 is 0. The molecule has 6 rings (SSSR count). The number of carbonyl (C=O) groups excluding carboxylic acids is 2. The van der Waals surface area contributed by atoms with E-state index < -0.39 is 21.7 Å². The minimum absolute atomic E-state index is 0.0116. The number of ketones is 1. The van der Waals surface area contributed by atoms with Crippen LogP contribution >= 0.6 is 0 Å². The first-order valence-electron chi connectivity index (χ1n) is 12.9. The van der Waals surface area contributed by atoms with Gasteiger partial charge in [-0.15, -0.1) is 5.10 Å². The lowest BCUT2D eigenvalue weighted by molar-refractivity contribution is -0.114. The molecule has 3 heterocycles. The van der Waals surface area contributed by atoms with E-state index in [1.54, 1.807) is 18.0 Å². The molecule has 10 nitrogen and oxygen atoms in total. The quantitative estimate of drug-likeness (QED) is 0.305. The second kappa shape index (κ2) is 10.4. The van der Waals surface area contributed by atoms with Crippen molar-refractivity contribution in [2.24, 2.45) is 0 Å². The zero-order valence-electron chi connectivity index (χ0n) is 21.8. The Morgan fingerprint density at radius 3 is 2.48 bits per heavy atom. The smallest absolute Gasteiger partial charge is 0.299 e. The predicted molar refractivity (Wildman–Crippen MR) is 148 cm³/mol. The molecule has 0 N–H and O–H groups in total. The second-order valence-corrected chi connectivity index (χ2v) is 11.7. The zero-order valence-corrected chi connectivity index (χ0v) is 22.6. The van der Waals surface area contributed by atoms with Crippen LogP contribution in [0.3, 0.4) is 0 Å². The first-order valence-corrected chi connectivity index (χ1v) is 14.4. The Morgan fingerprint density at radius 2 is 1.73 bits per heavy atom. The molecule has 0 saturated carbocycles. The van der Waals surface area contributed by atoms with E-state index in [1.807, 2.05) is 54.6 Å². The molecule has 0 spiro atoms. The number of ether oxygens (including phenoxy) is 1. The highest BCUT2D eigenvalue weighted by molar-refractivity contribution is 7.89. The van der Waals surface area contributed by atoms with Gasteiger partial charge in [-0.2, -0.15) is 4.31 Å². The highest BCUT2D eigenvalue weighted by Crippen LogP contribution is 2.35. The number of fused-ring (bicyclic) bond motifs is 1. The molecule has 3 aromatic carbocycles. The van der Waals surface area contributed by atoms with Gasteiger partial charge in [0.25, 0.3) is 11.7 Å². The van der Waals surface area contributed by atoms with Crippen LogP contribution < -0.4 is 4.90 Å². The van der Waals surface area contributed by atoms with Gasteiger partial charge in [0.15, 0.2) is 0 Å². The topological polar surface area (TPSA) is 115 Å². The van der Waals surface area contributed by atoms with Gasteiger partial charge in [-0.1, -0.05) is 47.7 Å². The molecule has 1 saturated heterocycles. The average molecular weight is 558 g/mol. The second-order valence-electron chi connectivity index (χ2n) is 9.82. The first kappa shape index (κ1) is 26.1. The molecule has 1 aromatic heterocycles. The number of Topliss-reactive ketones (excluding diaryl/α,β-unsaturated/α-hetero) is 1. The van der Waals surface area contributed by atoms with Crippen molar-refractivity contribution in [3.63, 3.8) is 0 Å². The van der Waals surface area contributed by atoms with Crippen LogP contribution in [0.5, 0.6) is 0 Å². The van der Waals surface area contributed by atoms with Crippen LogP contribution in [0, 0.1) is 0 Å². The standard InChI is InChI=1S/C29H27N5O5S/c1-39-19-23-8-5-15-33(23)40(37,38)25-13-14-27-26(16-25)28(35)29(36)32(27)18-24-17-30-31-34(24)22-11-9-21(10-12-22)20-6-3-2-4-7-20/h2-4,6-7,9-14,16-17,23H,5,8,15,18-19H2,1H3/t23-/m0/s1. The predicted octanol–water partition coefficient (Wildman–Crippen LogP) is 3.46. The summed E-state index contributed by atoms with van der Waals surface area (Å²) in [5.74, 6) is -1.47. The molecular weight excluding hydrogens is 530 g/mol. The Kier molecular flexibility index (Phi) is 6.78. The number of amides is 1. The van der Waals surface area contributed by atoms with Gasteiger partial charge in [0.1, 0.15) is 0 Å². The van der Waals surface area contributed by atoms with Crippen LogP contribution in [0.15, 0.2) is 83.9 Å². The van der Waals surface area contributed by atoms with Gasteiger partial charge in [-0.3, -0.25) is 14.5 Å². The molecule has 1 fully saturated rings. The van der Waals surface area contributed by atoms with Gasteiger partial charge < -0.3 is 4.74 Å². The number of anilines is 1. The van der Waals surface area contributed by atoms with Crippen LogP contribution in [-0.2, 0) is 26.1 Å². The van der Waals surface area contributed by atoms with Gasteiger partial charge in [0.2, 0.25) is 10.0 Å². The number of methoxy groups -OCH3 is 1. The summed E-state index contributed by atoms with van der Waals surface area (Å²) in [6.07, 6.45) is 2.99. The molecule has 2 aliphatic rings. The minimum atomic E-state index is -3.86. The Labute approximate surface area is 231 Å². The van der Waals surface area contributed by atoms with Gasteiger partial charge in [0.05, 0.1) is 46.9 Å². The molecule has 0 unspecified atom stereocenters. The third kappa shape index (κ3) is 4.51. The zero-order chi connectivity index (χ0) is 27.9. The van der Waals surface area contributed by atoms with E-state index in [-0.39, 0.29) is 23.0 Å². The molecule has 0 radical (unpaired) electrons. The molecular formula is C29H27N5O5S. The van der Waals surface area contributed by atoms with Crippen LogP contribution in [0.25, 0.3) is 16.8 Å². The van der Waals surface area contributed by atoms with E-state index in [2.05, 4.69) is 10.3 Å². The Balaban J connectivity index is 1.27. The van der Waals surface area contributed by atoms with Crippen LogP contribution in [0.1, 0.15) is 28.9 Å². The number of carbonyl (C=O) groups is 2. The molecule has 1 atom stereocenters. The number of hydrogen-bond donors (Lipinski definition) is 0. The van der Waals surface area contributed by atoms with Crippen molar-refractivity contribution in [3.8, 4) is 16.8 Å². The number of aromatic nitrogens is 3. The van der Waals surface area contributed by atoms with Crippen LogP contribution in [0.2, 0.25) is 0 Å². The molecule has 11 heteroatoms. The Bertz CT molecular complexity index is 1690. The van der Waals surface area contributed by atoms with Gasteiger partial charge in [-0.05, 0) is 54.3 Å². The molecule has 0 aliphatic carbocycles. The van der Waals surface area contributed by atoms with Crippen molar-refractivity contribution in [2.45, 2.75) is 30.3 Å². The van der Waals surface area contributed by atoms with Crippen molar-refractivity contribution < 1.29 is 22.7 Å². The van der Waals surface area contributed by atoms with E-state index in [0.29, 0.717) is 31.0 Å². The van der Waals surface area contributed by atoms with Crippen molar-refractivity contribution in [3.05, 3.63) is 90.3 Å². The van der Waals surface area contributed by atoms with Crippen molar-refractivity contribution in [1.29, 1.82) is 0 Å². The summed E-state index contributed by atoms with van der Waals surface area (Å²) in [4.78, 5) is 27.3. The SMILES string of the molecule is COC[C@@H]1CCCN1S(=O)(=O)c1ccc2c(c1)C(=O)C(=O)N2Cc1cnnn1-c1ccc(-c2ccccc2)cc1. The third-order valence-electron chi connectivity index (χ3n) is 7.39. The first-order chi connectivity index (χ1) is 19.4. The Hall–Kier alpha value is -4.19. The molecule has 4 aromatic rings. The van der Waals surface area contributed by atoms with Crippen molar-refractivity contribution in [2.75, 3.05) is 25.2 Å². The fourth-order valence-electron chi connectivity index (χ4n) is 5.39. The van der Waals surface area contributed by atoms with Gasteiger partial charge in [0, 0.05) is 19.7 Å². The maximum absolute atomic E-state index is 13.4. The fraction of sp³-hybridized carbons (Fsp3) is 0.241. The van der Waals surface area contributed by atoms with Crippen molar-refractivity contribution in [1.82, 2.24) is 19.3 Å². The molecule has 0 bridgehead atoms. The van der Waals surface area contributed by atoms with E-state index in [1.165, 1.54) is 27.4 Å². The highest BCUT2D eigenvalue weighted by atomic mass is 32.2. The number of rotatable bonds is 8. The number of nitrogens with zero attached hydrogens (tertiary/aromatic N) is 5. The monoisotopic (exact) mass is 557 g/mol. The summed E-state index contributed by atoms with van der Waals surface area (Å²) in [6, 6.07) is 21.8. The summed E-state index contributed by atoms with van der Waals surface area (Å²) in [5.41, 5.74) is 3.91. The van der Waals surface area contributed by atoms with Gasteiger partial charge >= 0.3 is 0 Å². The number of sulfonamides is 1. The lowest BCUT2D eigenvalue weighted by Crippen LogP contribution is -2.38. The summed E-state index contributed by atoms with van der Waals surface area (Å²) in [6.45, 7) is 0.723. The maximum Gasteiger partial charge on any atom is 0.299 e. The van der Waals surface area contributed by atoms with E-state index >= 15 is 0 Å². The minimum Gasteiger partial charge on any atom is -0.383 e. The van der Waals surface area contributed by atoms with E-state index in [9.17, 15) is 18.0 Å². The molecule has 204 valence electrons. The average Bonchev–Trinajstić information content (AvgIpc) is 3.70. The third-order valence-corrected chi connectivity index (χ3v) is 9.34. The van der Waals surface area contributed by atoms with Crippen molar-refractivity contribution >= 4 is 27.4 Å². The summed E-state index contributed by atoms with van der Waals surface area (Å²) in [7, 11) is -2.32. The largest absolute Gasteiger partial charge is 0.383 e. The van der Waals surface area contributed by atoms with Gasteiger partial charge in [-0.25, -0.2) is 13.1 Å². The lowest BCUT2D eigenvalue weighted by Gasteiger charge is -2.24. The lowest BCUT2D eigenvalue weighted by atomic mass is 10.1. The highest BCUT2D eigenvalue weighted by Gasteiger charge is 2.40. The number of benzene rings is 3. The fourth-order valence-corrected chi connectivity index (χ4v) is 7.09.